The van der Waals surface area contributed by atoms with E-state index in [0.717, 1.165) is 16.7 Å². The highest BCUT2D eigenvalue weighted by atomic mass is 16.5. The van der Waals surface area contributed by atoms with Crippen LogP contribution in [0.5, 0.6) is 11.5 Å². The van der Waals surface area contributed by atoms with Crippen molar-refractivity contribution in [2.45, 2.75) is 33.8 Å². The van der Waals surface area contributed by atoms with E-state index in [1.165, 1.54) is 0 Å². The van der Waals surface area contributed by atoms with Gasteiger partial charge in [-0.05, 0) is 54.4 Å². The van der Waals surface area contributed by atoms with Gasteiger partial charge in [0.05, 0.1) is 0 Å². The molecule has 1 heterocycles. The fourth-order valence-corrected chi connectivity index (χ4v) is 2.91. The van der Waals surface area contributed by atoms with Crippen LogP contribution in [0.25, 0.3) is 0 Å². The first-order valence-electron chi connectivity index (χ1n) is 9.27. The molecule has 2 aromatic carbocycles. The van der Waals surface area contributed by atoms with E-state index in [1.54, 1.807) is 24.5 Å². The van der Waals surface area contributed by atoms with Crippen LogP contribution in [-0.4, -0.2) is 15.9 Å². The third kappa shape index (κ3) is 4.46. The zero-order chi connectivity index (χ0) is 20.3. The first-order chi connectivity index (χ1) is 13.3. The summed E-state index contributed by atoms with van der Waals surface area (Å²) in [5, 5.41) is 10.5. The van der Waals surface area contributed by atoms with Gasteiger partial charge in [0.1, 0.15) is 17.6 Å². The Balaban J connectivity index is 1.75. The number of aromatic nitrogens is 1. The summed E-state index contributed by atoms with van der Waals surface area (Å²) in [6.45, 7) is 7.67. The standard InChI is InChI=1S/C24H25NO3/c1-16-14-18(23(27)24(2,3)4)9-12-21(16)28-20-10-7-17(8-11-20)22(26)19-6-5-13-25-15-19/h5-15,22,26H,1-4H3. The molecule has 4 nitrogen and oxygen atoms in total. The van der Waals surface area contributed by atoms with E-state index in [4.69, 9.17) is 4.74 Å². The number of rotatable bonds is 5. The quantitative estimate of drug-likeness (QED) is 0.599. The molecule has 0 saturated heterocycles. The number of ether oxygens (including phenoxy) is 1. The van der Waals surface area contributed by atoms with E-state index in [2.05, 4.69) is 4.98 Å². The van der Waals surface area contributed by atoms with E-state index >= 15 is 0 Å². The van der Waals surface area contributed by atoms with Gasteiger partial charge in [-0.15, -0.1) is 0 Å². The SMILES string of the molecule is Cc1cc(C(=O)C(C)(C)C)ccc1Oc1ccc(C(O)c2cccnc2)cc1. The fraction of sp³-hybridized carbons (Fsp3) is 0.250. The van der Waals surface area contributed by atoms with Crippen LogP contribution in [0, 0.1) is 12.3 Å². The average molecular weight is 375 g/mol. The molecule has 28 heavy (non-hydrogen) atoms. The second kappa shape index (κ2) is 7.95. The van der Waals surface area contributed by atoms with Crippen molar-refractivity contribution in [3.8, 4) is 11.5 Å². The van der Waals surface area contributed by atoms with Crippen molar-refractivity contribution < 1.29 is 14.6 Å². The smallest absolute Gasteiger partial charge is 0.168 e. The van der Waals surface area contributed by atoms with Crippen molar-refractivity contribution in [3.05, 3.63) is 89.2 Å². The lowest BCUT2D eigenvalue weighted by Crippen LogP contribution is -2.20. The maximum Gasteiger partial charge on any atom is 0.168 e. The predicted octanol–water partition coefficient (Wildman–Crippen LogP) is 5.49. The summed E-state index contributed by atoms with van der Waals surface area (Å²) < 4.78 is 5.96. The second-order valence-electron chi connectivity index (χ2n) is 7.92. The van der Waals surface area contributed by atoms with Gasteiger partial charge in [0.15, 0.2) is 5.78 Å². The number of benzene rings is 2. The van der Waals surface area contributed by atoms with E-state index in [1.807, 2.05) is 70.2 Å². The number of carbonyl (C=O) groups excluding carboxylic acids is 1. The summed E-state index contributed by atoms with van der Waals surface area (Å²) in [5.74, 6) is 1.47. The largest absolute Gasteiger partial charge is 0.457 e. The highest BCUT2D eigenvalue weighted by Crippen LogP contribution is 2.30. The molecule has 0 aliphatic carbocycles. The van der Waals surface area contributed by atoms with Crippen LogP contribution < -0.4 is 4.74 Å². The lowest BCUT2D eigenvalue weighted by atomic mass is 9.86. The second-order valence-corrected chi connectivity index (χ2v) is 7.92. The summed E-state index contributed by atoms with van der Waals surface area (Å²) in [7, 11) is 0. The van der Waals surface area contributed by atoms with Crippen molar-refractivity contribution in [2.75, 3.05) is 0 Å². The molecule has 0 saturated carbocycles. The van der Waals surface area contributed by atoms with Gasteiger partial charge in [0, 0.05) is 28.9 Å². The van der Waals surface area contributed by atoms with Crippen LogP contribution in [0.2, 0.25) is 0 Å². The van der Waals surface area contributed by atoms with E-state index in [9.17, 15) is 9.90 Å². The number of pyridine rings is 1. The van der Waals surface area contributed by atoms with Gasteiger partial charge in [-0.1, -0.05) is 39.0 Å². The van der Waals surface area contributed by atoms with Crippen LogP contribution in [-0.2, 0) is 0 Å². The van der Waals surface area contributed by atoms with Gasteiger partial charge in [0.2, 0.25) is 0 Å². The van der Waals surface area contributed by atoms with Gasteiger partial charge in [0.25, 0.3) is 0 Å². The first-order valence-corrected chi connectivity index (χ1v) is 9.27. The Bertz CT molecular complexity index is 957. The van der Waals surface area contributed by atoms with E-state index < -0.39 is 11.5 Å². The lowest BCUT2D eigenvalue weighted by Gasteiger charge is -2.18. The Morgan fingerprint density at radius 3 is 2.32 bits per heavy atom. The number of nitrogens with zero attached hydrogens (tertiary/aromatic N) is 1. The number of hydrogen-bond acceptors (Lipinski definition) is 4. The van der Waals surface area contributed by atoms with Crippen LogP contribution in [0.3, 0.4) is 0 Å². The Kier molecular flexibility index (Phi) is 5.61. The van der Waals surface area contributed by atoms with E-state index in [0.29, 0.717) is 17.1 Å². The molecule has 0 fully saturated rings. The predicted molar refractivity (Wildman–Crippen MR) is 110 cm³/mol. The van der Waals surface area contributed by atoms with Crippen molar-refractivity contribution in [3.63, 3.8) is 0 Å². The van der Waals surface area contributed by atoms with E-state index in [-0.39, 0.29) is 5.78 Å². The normalized spacial score (nSPS) is 12.5. The lowest BCUT2D eigenvalue weighted by molar-refractivity contribution is 0.0858. The minimum absolute atomic E-state index is 0.107. The molecule has 4 heteroatoms. The number of carbonyl (C=O) groups is 1. The fourth-order valence-electron chi connectivity index (χ4n) is 2.91. The molecule has 3 rings (SSSR count). The molecule has 0 aliphatic heterocycles. The monoisotopic (exact) mass is 375 g/mol. The zero-order valence-electron chi connectivity index (χ0n) is 16.6. The molecule has 3 aromatic rings. The Hall–Kier alpha value is -2.98. The van der Waals surface area contributed by atoms with Crippen molar-refractivity contribution >= 4 is 5.78 Å². The molecule has 0 aliphatic rings. The summed E-state index contributed by atoms with van der Waals surface area (Å²) in [6.07, 6.45) is 2.60. The van der Waals surface area contributed by atoms with Gasteiger partial charge >= 0.3 is 0 Å². The Morgan fingerprint density at radius 2 is 1.75 bits per heavy atom. The third-order valence-electron chi connectivity index (χ3n) is 4.54. The average Bonchev–Trinajstić information content (AvgIpc) is 2.69. The number of ketones is 1. The molecule has 0 amide bonds. The molecule has 1 atom stereocenters. The highest BCUT2D eigenvalue weighted by molar-refractivity contribution is 6.00. The van der Waals surface area contributed by atoms with Crippen molar-refractivity contribution in [1.29, 1.82) is 0 Å². The molecule has 0 radical (unpaired) electrons. The maximum absolute atomic E-state index is 12.4. The molecule has 144 valence electrons. The number of aryl methyl sites for hydroxylation is 1. The van der Waals surface area contributed by atoms with Gasteiger partial charge in [-0.3, -0.25) is 9.78 Å². The minimum Gasteiger partial charge on any atom is -0.457 e. The number of Topliss-reactive ketones (excluding diaryl/α,β-unsaturated/α-hetero) is 1. The molecular weight excluding hydrogens is 350 g/mol. The summed E-state index contributed by atoms with van der Waals surface area (Å²) >= 11 is 0. The van der Waals surface area contributed by atoms with Gasteiger partial charge in [-0.2, -0.15) is 0 Å². The van der Waals surface area contributed by atoms with Crippen LogP contribution >= 0.6 is 0 Å². The first kappa shape index (κ1) is 19.8. The topological polar surface area (TPSA) is 59.4 Å². The van der Waals surface area contributed by atoms with Crippen molar-refractivity contribution in [2.24, 2.45) is 5.41 Å². The van der Waals surface area contributed by atoms with Crippen LogP contribution in [0.1, 0.15) is 53.9 Å². The summed E-state index contributed by atoms with van der Waals surface area (Å²) in [6, 6.07) is 16.4. The molecule has 0 spiro atoms. The minimum atomic E-state index is -0.729. The number of hydrogen-bond donors (Lipinski definition) is 1. The molecule has 0 bridgehead atoms. The van der Waals surface area contributed by atoms with Crippen LogP contribution in [0.15, 0.2) is 67.0 Å². The number of aliphatic hydroxyl groups is 1. The maximum atomic E-state index is 12.4. The third-order valence-corrected chi connectivity index (χ3v) is 4.54. The number of aliphatic hydroxyl groups excluding tert-OH is 1. The Labute approximate surface area is 165 Å². The van der Waals surface area contributed by atoms with Crippen molar-refractivity contribution in [1.82, 2.24) is 4.98 Å². The van der Waals surface area contributed by atoms with Gasteiger partial charge in [-0.25, -0.2) is 0 Å². The highest BCUT2D eigenvalue weighted by Gasteiger charge is 2.23. The van der Waals surface area contributed by atoms with Crippen LogP contribution in [0.4, 0.5) is 0 Å². The molecule has 1 N–H and O–H groups in total. The summed E-state index contributed by atoms with van der Waals surface area (Å²) in [5.41, 5.74) is 2.68. The Morgan fingerprint density at radius 1 is 1.04 bits per heavy atom. The molecular formula is C24H25NO3. The molecule has 1 unspecified atom stereocenters. The summed E-state index contributed by atoms with van der Waals surface area (Å²) in [4.78, 5) is 16.5. The molecule has 1 aromatic heterocycles. The van der Waals surface area contributed by atoms with Gasteiger partial charge < -0.3 is 9.84 Å². The zero-order valence-corrected chi connectivity index (χ0v) is 16.6.